The Morgan fingerprint density at radius 1 is 0.867 bits per heavy atom. The van der Waals surface area contributed by atoms with Gasteiger partial charge in [-0.2, -0.15) is 0 Å². The number of hydrogen-bond donors (Lipinski definition) is 1. The molecule has 3 atom stereocenters. The zero-order valence-corrected chi connectivity index (χ0v) is 9.57. The Morgan fingerprint density at radius 3 is 2.53 bits per heavy atom. The van der Waals surface area contributed by atoms with Crippen molar-refractivity contribution in [2.24, 2.45) is 5.73 Å². The van der Waals surface area contributed by atoms with E-state index in [2.05, 4.69) is 9.80 Å². The first-order chi connectivity index (χ1) is 7.34. The van der Waals surface area contributed by atoms with Gasteiger partial charge in [-0.3, -0.25) is 9.80 Å². The Kier molecular flexibility index (Phi) is 2.71. The molecule has 3 nitrogen and oxygen atoms in total. The number of fused-ring (bicyclic) bond motifs is 1. The lowest BCUT2D eigenvalue weighted by Gasteiger charge is -2.41. The second kappa shape index (κ2) is 4.04. The molecule has 86 valence electrons. The smallest absolute Gasteiger partial charge is 0.0248 e. The summed E-state index contributed by atoms with van der Waals surface area (Å²) in [4.78, 5) is 5.36. The predicted molar refractivity (Wildman–Crippen MR) is 61.8 cm³/mol. The molecule has 0 spiro atoms. The minimum absolute atomic E-state index is 0.456. The van der Waals surface area contributed by atoms with Gasteiger partial charge in [0.05, 0.1) is 0 Å². The Morgan fingerprint density at radius 2 is 1.73 bits per heavy atom. The maximum atomic E-state index is 6.19. The van der Waals surface area contributed by atoms with Gasteiger partial charge >= 0.3 is 0 Å². The van der Waals surface area contributed by atoms with Crippen molar-refractivity contribution in [3.63, 3.8) is 0 Å². The summed E-state index contributed by atoms with van der Waals surface area (Å²) in [5.41, 5.74) is 6.19. The first-order valence-corrected chi connectivity index (χ1v) is 6.58. The monoisotopic (exact) mass is 209 g/mol. The average molecular weight is 209 g/mol. The molecular weight excluding hydrogens is 186 g/mol. The van der Waals surface area contributed by atoms with Crippen LogP contribution in [0.5, 0.6) is 0 Å². The standard InChI is InChI=1S/C12H23N3/c13-11-4-1-5-12(11)15-8-7-14-6-2-3-10(14)9-15/h10-12H,1-9,13H2. The van der Waals surface area contributed by atoms with E-state index in [9.17, 15) is 0 Å². The molecular formula is C12H23N3. The van der Waals surface area contributed by atoms with E-state index < -0.39 is 0 Å². The minimum atomic E-state index is 0.456. The molecule has 3 rings (SSSR count). The second-order valence-corrected chi connectivity index (χ2v) is 5.49. The van der Waals surface area contributed by atoms with Crippen LogP contribution in [0.15, 0.2) is 0 Å². The predicted octanol–water partition coefficient (Wildman–Crippen LogP) is 0.646. The molecule has 1 aliphatic carbocycles. The minimum Gasteiger partial charge on any atom is -0.326 e. The summed E-state index contributed by atoms with van der Waals surface area (Å²) in [5.74, 6) is 0. The fourth-order valence-electron chi connectivity index (χ4n) is 3.74. The van der Waals surface area contributed by atoms with Crippen LogP contribution in [0.3, 0.4) is 0 Å². The van der Waals surface area contributed by atoms with Gasteiger partial charge < -0.3 is 5.73 Å². The molecule has 2 aliphatic heterocycles. The molecule has 0 radical (unpaired) electrons. The highest BCUT2D eigenvalue weighted by atomic mass is 15.3. The summed E-state index contributed by atoms with van der Waals surface area (Å²) in [5, 5.41) is 0. The number of rotatable bonds is 1. The van der Waals surface area contributed by atoms with Crippen LogP contribution < -0.4 is 5.73 Å². The van der Waals surface area contributed by atoms with Gasteiger partial charge in [0.15, 0.2) is 0 Å². The molecule has 0 aromatic heterocycles. The largest absolute Gasteiger partial charge is 0.326 e. The Hall–Kier alpha value is -0.120. The van der Waals surface area contributed by atoms with Gasteiger partial charge in [0.2, 0.25) is 0 Å². The van der Waals surface area contributed by atoms with Gasteiger partial charge in [-0.1, -0.05) is 6.42 Å². The average Bonchev–Trinajstić information content (AvgIpc) is 2.84. The molecule has 0 bridgehead atoms. The van der Waals surface area contributed by atoms with Crippen LogP contribution in [-0.2, 0) is 0 Å². The van der Waals surface area contributed by atoms with Crippen molar-refractivity contribution in [3.8, 4) is 0 Å². The number of nitrogens with two attached hydrogens (primary N) is 1. The third-order valence-electron chi connectivity index (χ3n) is 4.62. The van der Waals surface area contributed by atoms with Crippen molar-refractivity contribution in [3.05, 3.63) is 0 Å². The highest BCUT2D eigenvalue weighted by Gasteiger charge is 2.36. The Balaban J connectivity index is 1.63. The summed E-state index contributed by atoms with van der Waals surface area (Å²) < 4.78 is 0. The van der Waals surface area contributed by atoms with E-state index >= 15 is 0 Å². The van der Waals surface area contributed by atoms with Crippen molar-refractivity contribution < 1.29 is 0 Å². The molecule has 2 saturated heterocycles. The second-order valence-electron chi connectivity index (χ2n) is 5.49. The quantitative estimate of drug-likeness (QED) is 0.688. The normalized spacial score (nSPS) is 43.4. The lowest BCUT2D eigenvalue weighted by Crippen LogP contribution is -2.56. The first kappa shape index (κ1) is 10.1. The van der Waals surface area contributed by atoms with Gasteiger partial charge in [0, 0.05) is 37.8 Å². The highest BCUT2D eigenvalue weighted by Crippen LogP contribution is 2.28. The van der Waals surface area contributed by atoms with Crippen LogP contribution in [0.25, 0.3) is 0 Å². The number of nitrogens with zero attached hydrogens (tertiary/aromatic N) is 2. The lowest BCUT2D eigenvalue weighted by atomic mass is 10.1. The molecule has 1 saturated carbocycles. The van der Waals surface area contributed by atoms with Crippen LogP contribution in [0.2, 0.25) is 0 Å². The van der Waals surface area contributed by atoms with E-state index in [0.29, 0.717) is 12.1 Å². The maximum absolute atomic E-state index is 6.19. The van der Waals surface area contributed by atoms with Crippen LogP contribution in [-0.4, -0.2) is 54.1 Å². The van der Waals surface area contributed by atoms with E-state index in [1.54, 1.807) is 0 Å². The van der Waals surface area contributed by atoms with Crippen LogP contribution in [0, 0.1) is 0 Å². The summed E-state index contributed by atoms with van der Waals surface area (Å²) in [6.45, 7) is 5.18. The summed E-state index contributed by atoms with van der Waals surface area (Å²) >= 11 is 0. The van der Waals surface area contributed by atoms with Gasteiger partial charge in [0.1, 0.15) is 0 Å². The molecule has 3 aliphatic rings. The highest BCUT2D eigenvalue weighted by molar-refractivity contribution is 4.94. The molecule has 3 fully saturated rings. The molecule has 0 amide bonds. The van der Waals surface area contributed by atoms with Gasteiger partial charge in [-0.15, -0.1) is 0 Å². The SMILES string of the molecule is NC1CCCC1N1CCN2CCCC2C1. The van der Waals surface area contributed by atoms with Crippen LogP contribution in [0.4, 0.5) is 0 Å². The van der Waals surface area contributed by atoms with Gasteiger partial charge in [0.25, 0.3) is 0 Å². The zero-order valence-electron chi connectivity index (χ0n) is 9.57. The Bertz CT molecular complexity index is 231. The van der Waals surface area contributed by atoms with E-state index in [-0.39, 0.29) is 0 Å². The summed E-state index contributed by atoms with van der Waals surface area (Å²) in [6, 6.07) is 2.01. The fraction of sp³-hybridized carbons (Fsp3) is 1.00. The summed E-state index contributed by atoms with van der Waals surface area (Å²) in [7, 11) is 0. The molecule has 2 heterocycles. The van der Waals surface area contributed by atoms with Gasteiger partial charge in [-0.05, 0) is 32.2 Å². The zero-order chi connectivity index (χ0) is 10.3. The van der Waals surface area contributed by atoms with Crippen molar-refractivity contribution in [1.29, 1.82) is 0 Å². The van der Waals surface area contributed by atoms with E-state index in [1.807, 2.05) is 0 Å². The third kappa shape index (κ3) is 1.81. The van der Waals surface area contributed by atoms with E-state index in [0.717, 1.165) is 6.04 Å². The van der Waals surface area contributed by atoms with Crippen LogP contribution >= 0.6 is 0 Å². The summed E-state index contributed by atoms with van der Waals surface area (Å²) in [6.07, 6.45) is 6.76. The Labute approximate surface area is 92.6 Å². The fourth-order valence-corrected chi connectivity index (χ4v) is 3.74. The van der Waals surface area contributed by atoms with Gasteiger partial charge in [-0.25, -0.2) is 0 Å². The molecule has 3 heteroatoms. The van der Waals surface area contributed by atoms with Crippen molar-refractivity contribution >= 4 is 0 Å². The van der Waals surface area contributed by atoms with Crippen molar-refractivity contribution in [2.75, 3.05) is 26.2 Å². The van der Waals surface area contributed by atoms with Crippen LogP contribution in [0.1, 0.15) is 32.1 Å². The molecule has 3 unspecified atom stereocenters. The molecule has 2 N–H and O–H groups in total. The third-order valence-corrected chi connectivity index (χ3v) is 4.62. The molecule has 15 heavy (non-hydrogen) atoms. The van der Waals surface area contributed by atoms with E-state index in [4.69, 9.17) is 5.73 Å². The first-order valence-electron chi connectivity index (χ1n) is 6.58. The van der Waals surface area contributed by atoms with E-state index in [1.165, 1.54) is 58.3 Å². The molecule has 0 aromatic carbocycles. The lowest BCUT2D eigenvalue weighted by molar-refractivity contribution is 0.0683. The molecule has 0 aromatic rings. The number of hydrogen-bond acceptors (Lipinski definition) is 3. The van der Waals surface area contributed by atoms with Crippen molar-refractivity contribution in [2.45, 2.75) is 50.2 Å². The maximum Gasteiger partial charge on any atom is 0.0248 e. The van der Waals surface area contributed by atoms with Crippen molar-refractivity contribution in [1.82, 2.24) is 9.80 Å². The number of piperazine rings is 1. The topological polar surface area (TPSA) is 32.5 Å².